The second-order valence-corrected chi connectivity index (χ2v) is 7.46. The standard InChI is InChI=1S/C25H23ClN2O3/c1-18(29)28(23-14-10-21(26)11-15-23)22-12-8-19(9-13-22)24(6-2-3-7-25(30)31)20-5-4-16-27-17-20/h4-6,8-17H,2-3,7H2,1H3,(H,30,31)/b24-6-. The maximum atomic E-state index is 12.3. The molecule has 5 nitrogen and oxygen atoms in total. The molecule has 0 spiro atoms. The second-order valence-electron chi connectivity index (χ2n) is 7.02. The molecule has 0 atom stereocenters. The number of hydrogen-bond donors (Lipinski definition) is 1. The summed E-state index contributed by atoms with van der Waals surface area (Å²) >= 11 is 5.98. The number of amides is 1. The van der Waals surface area contributed by atoms with Gasteiger partial charge >= 0.3 is 5.97 Å². The highest BCUT2D eigenvalue weighted by molar-refractivity contribution is 6.30. The van der Waals surface area contributed by atoms with Gasteiger partial charge in [0.15, 0.2) is 0 Å². The van der Waals surface area contributed by atoms with Crippen molar-refractivity contribution in [3.8, 4) is 0 Å². The van der Waals surface area contributed by atoms with E-state index in [9.17, 15) is 9.59 Å². The van der Waals surface area contributed by atoms with Gasteiger partial charge in [-0.25, -0.2) is 0 Å². The number of halogens is 1. The summed E-state index contributed by atoms with van der Waals surface area (Å²) in [4.78, 5) is 29.0. The van der Waals surface area contributed by atoms with Gasteiger partial charge in [0, 0.05) is 47.7 Å². The smallest absolute Gasteiger partial charge is 0.303 e. The number of benzene rings is 2. The number of aromatic nitrogens is 1. The zero-order chi connectivity index (χ0) is 22.2. The molecule has 0 saturated heterocycles. The number of hydrogen-bond acceptors (Lipinski definition) is 3. The Kier molecular flexibility index (Phi) is 7.57. The van der Waals surface area contributed by atoms with Gasteiger partial charge in [-0.3, -0.25) is 19.5 Å². The van der Waals surface area contributed by atoms with Crippen LogP contribution in [-0.2, 0) is 9.59 Å². The minimum absolute atomic E-state index is 0.105. The molecular formula is C25H23ClN2O3. The molecule has 2 aromatic carbocycles. The van der Waals surface area contributed by atoms with Gasteiger partial charge in [-0.05, 0) is 66.4 Å². The fourth-order valence-corrected chi connectivity index (χ4v) is 3.44. The summed E-state index contributed by atoms with van der Waals surface area (Å²) in [6.45, 7) is 1.52. The van der Waals surface area contributed by atoms with E-state index in [1.165, 1.54) is 6.92 Å². The van der Waals surface area contributed by atoms with E-state index in [1.54, 1.807) is 41.6 Å². The summed E-state index contributed by atoms with van der Waals surface area (Å²) in [7, 11) is 0. The maximum Gasteiger partial charge on any atom is 0.303 e. The lowest BCUT2D eigenvalue weighted by atomic mass is 9.97. The molecule has 158 valence electrons. The molecule has 31 heavy (non-hydrogen) atoms. The number of pyridine rings is 1. The Bertz CT molecular complexity index is 1060. The zero-order valence-electron chi connectivity index (χ0n) is 17.2. The van der Waals surface area contributed by atoms with E-state index in [4.69, 9.17) is 16.7 Å². The summed E-state index contributed by atoms with van der Waals surface area (Å²) in [5, 5.41) is 9.49. The maximum absolute atomic E-state index is 12.3. The summed E-state index contributed by atoms with van der Waals surface area (Å²) in [5.41, 5.74) is 4.38. The Morgan fingerprint density at radius 3 is 2.19 bits per heavy atom. The Morgan fingerprint density at radius 2 is 1.65 bits per heavy atom. The van der Waals surface area contributed by atoms with Crippen LogP contribution in [-0.4, -0.2) is 22.0 Å². The van der Waals surface area contributed by atoms with E-state index < -0.39 is 5.97 Å². The molecule has 1 aromatic heterocycles. The Labute approximate surface area is 186 Å². The number of allylic oxidation sites excluding steroid dienone is 1. The van der Waals surface area contributed by atoms with Crippen LogP contribution in [0.3, 0.4) is 0 Å². The molecular weight excluding hydrogens is 412 g/mol. The van der Waals surface area contributed by atoms with Gasteiger partial charge in [0.05, 0.1) is 0 Å². The molecule has 0 radical (unpaired) electrons. The van der Waals surface area contributed by atoms with Crippen LogP contribution in [0.15, 0.2) is 79.1 Å². The highest BCUT2D eigenvalue weighted by atomic mass is 35.5. The number of anilines is 2. The lowest BCUT2D eigenvalue weighted by Crippen LogP contribution is -2.22. The highest BCUT2D eigenvalue weighted by Crippen LogP contribution is 2.30. The number of carbonyl (C=O) groups excluding carboxylic acids is 1. The molecule has 0 saturated carbocycles. The topological polar surface area (TPSA) is 70.5 Å². The number of aliphatic carboxylic acids is 1. The number of carbonyl (C=O) groups is 2. The van der Waals surface area contributed by atoms with E-state index in [1.807, 2.05) is 42.5 Å². The normalized spacial score (nSPS) is 11.2. The first-order chi connectivity index (χ1) is 15.0. The van der Waals surface area contributed by atoms with E-state index in [-0.39, 0.29) is 12.3 Å². The number of nitrogens with zero attached hydrogens (tertiary/aromatic N) is 2. The van der Waals surface area contributed by atoms with Crippen molar-refractivity contribution in [2.45, 2.75) is 26.2 Å². The average molecular weight is 435 g/mol. The molecule has 0 aliphatic rings. The van der Waals surface area contributed by atoms with Crippen LogP contribution in [0.4, 0.5) is 11.4 Å². The minimum Gasteiger partial charge on any atom is -0.481 e. The van der Waals surface area contributed by atoms with Crippen molar-refractivity contribution >= 4 is 40.4 Å². The summed E-state index contributed by atoms with van der Waals surface area (Å²) in [6.07, 6.45) is 6.87. The number of unbranched alkanes of at least 4 members (excludes halogenated alkanes) is 1. The molecule has 1 heterocycles. The van der Waals surface area contributed by atoms with Crippen LogP contribution in [0.5, 0.6) is 0 Å². The third kappa shape index (κ3) is 6.03. The van der Waals surface area contributed by atoms with Crippen molar-refractivity contribution < 1.29 is 14.7 Å². The van der Waals surface area contributed by atoms with Crippen LogP contribution < -0.4 is 4.90 Å². The first-order valence-electron chi connectivity index (χ1n) is 9.95. The fourth-order valence-electron chi connectivity index (χ4n) is 3.32. The number of rotatable bonds is 8. The lowest BCUT2D eigenvalue weighted by Gasteiger charge is -2.22. The molecule has 1 amide bonds. The van der Waals surface area contributed by atoms with Crippen molar-refractivity contribution in [3.05, 3.63) is 95.3 Å². The van der Waals surface area contributed by atoms with Gasteiger partial charge in [0.1, 0.15) is 0 Å². The number of carboxylic acids is 1. The van der Waals surface area contributed by atoms with Crippen LogP contribution in [0.1, 0.15) is 37.3 Å². The summed E-state index contributed by atoms with van der Waals surface area (Å²) in [6, 6.07) is 18.7. The molecule has 0 unspecified atom stereocenters. The molecule has 3 aromatic rings. The Balaban J connectivity index is 1.91. The van der Waals surface area contributed by atoms with E-state index >= 15 is 0 Å². The van der Waals surface area contributed by atoms with E-state index in [0.29, 0.717) is 17.9 Å². The monoisotopic (exact) mass is 434 g/mol. The van der Waals surface area contributed by atoms with Crippen molar-refractivity contribution in [2.24, 2.45) is 0 Å². The fraction of sp³-hybridized carbons (Fsp3) is 0.160. The van der Waals surface area contributed by atoms with E-state index in [2.05, 4.69) is 4.98 Å². The predicted octanol–water partition coefficient (Wildman–Crippen LogP) is 6.11. The van der Waals surface area contributed by atoms with Gasteiger partial charge in [-0.15, -0.1) is 0 Å². The van der Waals surface area contributed by atoms with Gasteiger partial charge in [-0.1, -0.05) is 35.9 Å². The molecule has 3 rings (SSSR count). The van der Waals surface area contributed by atoms with Crippen LogP contribution in [0.25, 0.3) is 5.57 Å². The zero-order valence-corrected chi connectivity index (χ0v) is 17.9. The Morgan fingerprint density at radius 1 is 1.00 bits per heavy atom. The quantitative estimate of drug-likeness (QED) is 0.434. The third-order valence-electron chi connectivity index (χ3n) is 4.75. The molecule has 0 fully saturated rings. The second kappa shape index (κ2) is 10.5. The Hall–Kier alpha value is -3.44. The van der Waals surface area contributed by atoms with Crippen molar-refractivity contribution in [2.75, 3.05) is 4.90 Å². The van der Waals surface area contributed by atoms with Crippen LogP contribution >= 0.6 is 11.6 Å². The van der Waals surface area contributed by atoms with Crippen LogP contribution in [0, 0.1) is 0 Å². The van der Waals surface area contributed by atoms with Gasteiger partial charge in [0.2, 0.25) is 5.91 Å². The summed E-state index contributed by atoms with van der Waals surface area (Å²) < 4.78 is 0. The SMILES string of the molecule is CC(=O)N(c1ccc(Cl)cc1)c1ccc(/C(=C/CCCC(=O)O)c2cccnc2)cc1. The summed E-state index contributed by atoms with van der Waals surface area (Å²) in [5.74, 6) is -0.904. The minimum atomic E-state index is -0.799. The van der Waals surface area contributed by atoms with E-state index in [0.717, 1.165) is 28.1 Å². The average Bonchev–Trinajstić information content (AvgIpc) is 2.76. The first-order valence-corrected chi connectivity index (χ1v) is 10.3. The van der Waals surface area contributed by atoms with Crippen LogP contribution in [0.2, 0.25) is 5.02 Å². The molecule has 1 N–H and O–H groups in total. The first kappa shape index (κ1) is 22.2. The van der Waals surface area contributed by atoms with Crippen molar-refractivity contribution in [1.82, 2.24) is 4.98 Å². The third-order valence-corrected chi connectivity index (χ3v) is 5.00. The molecule has 0 bridgehead atoms. The van der Waals surface area contributed by atoms with Gasteiger partial charge in [-0.2, -0.15) is 0 Å². The van der Waals surface area contributed by atoms with Crippen molar-refractivity contribution in [3.63, 3.8) is 0 Å². The molecule has 0 aliphatic heterocycles. The van der Waals surface area contributed by atoms with Crippen molar-refractivity contribution in [1.29, 1.82) is 0 Å². The highest BCUT2D eigenvalue weighted by Gasteiger charge is 2.15. The molecule has 6 heteroatoms. The van der Waals surface area contributed by atoms with Gasteiger partial charge in [0.25, 0.3) is 0 Å². The van der Waals surface area contributed by atoms with Gasteiger partial charge < -0.3 is 5.11 Å². The lowest BCUT2D eigenvalue weighted by molar-refractivity contribution is -0.137. The predicted molar refractivity (Wildman–Crippen MR) is 124 cm³/mol. The number of carboxylic acid groups (broad SMARTS) is 1. The molecule has 0 aliphatic carbocycles. The largest absolute Gasteiger partial charge is 0.481 e.